The number of ketones is 3. The summed E-state index contributed by atoms with van der Waals surface area (Å²) in [6.45, 7) is 2.62. The van der Waals surface area contributed by atoms with Crippen LogP contribution in [-0.2, 0) is 24.0 Å². The molecule has 271 valence electrons. The van der Waals surface area contributed by atoms with Crippen LogP contribution in [0.3, 0.4) is 0 Å². The summed E-state index contributed by atoms with van der Waals surface area (Å²) in [4.78, 5) is 74.9. The monoisotopic (exact) mass is 678 g/mol. The van der Waals surface area contributed by atoms with Gasteiger partial charge in [0.2, 0.25) is 12.2 Å². The minimum absolute atomic E-state index is 0.190. The second-order valence-corrected chi connectivity index (χ2v) is 14.9. The number of benzene rings is 1. The van der Waals surface area contributed by atoms with E-state index in [0.717, 1.165) is 38.5 Å². The predicted octanol–water partition coefficient (Wildman–Crippen LogP) is 4.01. The summed E-state index contributed by atoms with van der Waals surface area (Å²) in [7, 11) is 0. The van der Waals surface area contributed by atoms with Crippen molar-refractivity contribution in [1.29, 1.82) is 0 Å². The van der Waals surface area contributed by atoms with Gasteiger partial charge < -0.3 is 27.8 Å². The van der Waals surface area contributed by atoms with Crippen LogP contribution in [0.1, 0.15) is 128 Å². The Morgan fingerprint density at radius 3 is 2.08 bits per heavy atom. The van der Waals surface area contributed by atoms with Gasteiger partial charge in [-0.1, -0.05) is 95.0 Å². The number of carbonyl (C=O) groups is 4. The first-order chi connectivity index (χ1) is 23.6. The highest BCUT2D eigenvalue weighted by atomic mass is 16.2. The van der Waals surface area contributed by atoms with Crippen LogP contribution in [0.25, 0.3) is 0 Å². The summed E-state index contributed by atoms with van der Waals surface area (Å²) in [5.41, 5.74) is 21.6. The van der Waals surface area contributed by atoms with Crippen molar-refractivity contribution in [1.82, 2.24) is 4.90 Å². The number of rotatable bonds is 18. The first kappa shape index (κ1) is 39.0. The lowest BCUT2D eigenvalue weighted by Crippen LogP contribution is -2.76. The quantitative estimate of drug-likeness (QED) is 0.131. The van der Waals surface area contributed by atoms with E-state index >= 15 is 9.59 Å². The van der Waals surface area contributed by atoms with E-state index in [1.165, 1.54) is 4.90 Å². The molecule has 1 unspecified atom stereocenters. The number of Topliss-reactive ketones (excluding diaryl/α,β-unsaturated/α-hetero) is 3. The van der Waals surface area contributed by atoms with Crippen LogP contribution in [0.4, 0.5) is 0 Å². The molecule has 1 heterocycles. The zero-order valence-electron chi connectivity index (χ0n) is 29.6. The van der Waals surface area contributed by atoms with Crippen LogP contribution < -0.4 is 22.9 Å². The minimum atomic E-state index is -2.64. The summed E-state index contributed by atoms with van der Waals surface area (Å²) >= 11 is 0. The van der Waals surface area contributed by atoms with E-state index in [1.807, 2.05) is 43.5 Å². The van der Waals surface area contributed by atoms with Gasteiger partial charge in [-0.15, -0.1) is 0 Å². The topological polar surface area (TPSA) is 193 Å². The highest BCUT2D eigenvalue weighted by molar-refractivity contribution is 6.23. The first-order valence-corrected chi connectivity index (χ1v) is 19.0. The molecular formula is C39H60N5O5. The maximum absolute atomic E-state index is 15.7. The van der Waals surface area contributed by atoms with E-state index in [2.05, 4.69) is 0 Å². The van der Waals surface area contributed by atoms with Gasteiger partial charge in [-0.25, -0.2) is 0 Å². The maximum Gasteiger partial charge on any atom is 0.240 e. The first-order valence-electron chi connectivity index (χ1n) is 19.0. The standard InChI is InChI=1S/C39H60N5O5/c1-2-30(28-17-8-4-9-18-28)34(46)39(29-19-10-5-11-20-29,38(43,26-45)35(47)32(42)25-27-15-6-3-7-16-27)36(48)33-22-14-24-44(33)37(49)31(41)21-12-13-23-40/h4,8-9,17-18,27,29-33H,2-3,5-7,10-16,19-25,40-43H2,1H3/t30-,31+,32-,33+,38+,39?/m1/s1. The Kier molecular flexibility index (Phi) is 14.3. The Bertz CT molecular complexity index is 1280. The van der Waals surface area contributed by atoms with E-state index in [0.29, 0.717) is 76.3 Å². The second kappa shape index (κ2) is 17.9. The third-order valence-corrected chi connectivity index (χ3v) is 11.9. The molecule has 1 saturated heterocycles. The fraction of sp³-hybridized carbons (Fsp3) is 0.718. The predicted molar refractivity (Wildman–Crippen MR) is 191 cm³/mol. The minimum Gasteiger partial charge on any atom is -0.331 e. The lowest BCUT2D eigenvalue weighted by Gasteiger charge is -2.51. The molecule has 8 N–H and O–H groups in total. The molecule has 10 nitrogen and oxygen atoms in total. The van der Waals surface area contributed by atoms with Gasteiger partial charge in [-0.2, -0.15) is 0 Å². The van der Waals surface area contributed by atoms with Gasteiger partial charge >= 0.3 is 0 Å². The Balaban J connectivity index is 1.89. The lowest BCUT2D eigenvalue weighted by atomic mass is 9.50. The van der Waals surface area contributed by atoms with E-state index in [4.69, 9.17) is 22.9 Å². The van der Waals surface area contributed by atoms with E-state index in [1.54, 1.807) is 0 Å². The average molecular weight is 679 g/mol. The Hall–Kier alpha value is -2.79. The number of likely N-dealkylation sites (tertiary alicyclic amines) is 1. The molecule has 0 aromatic heterocycles. The summed E-state index contributed by atoms with van der Waals surface area (Å²) in [5, 5.41) is 0. The van der Waals surface area contributed by atoms with Crippen molar-refractivity contribution in [3.05, 3.63) is 35.9 Å². The van der Waals surface area contributed by atoms with Gasteiger partial charge in [-0.05, 0) is 75.3 Å². The molecule has 10 heteroatoms. The Morgan fingerprint density at radius 2 is 1.49 bits per heavy atom. The third kappa shape index (κ3) is 8.08. The smallest absolute Gasteiger partial charge is 0.240 e. The van der Waals surface area contributed by atoms with Gasteiger partial charge in [0, 0.05) is 12.5 Å². The van der Waals surface area contributed by atoms with Crippen LogP contribution in [0.5, 0.6) is 0 Å². The van der Waals surface area contributed by atoms with Crippen LogP contribution in [0, 0.1) is 17.3 Å². The number of amides is 1. The van der Waals surface area contributed by atoms with E-state index in [9.17, 15) is 14.4 Å². The fourth-order valence-electron chi connectivity index (χ4n) is 9.22. The molecule has 0 spiro atoms. The van der Waals surface area contributed by atoms with Crippen LogP contribution in [-0.4, -0.2) is 71.2 Å². The molecule has 2 saturated carbocycles. The van der Waals surface area contributed by atoms with Gasteiger partial charge in [-0.3, -0.25) is 24.0 Å². The zero-order chi connectivity index (χ0) is 35.6. The molecule has 1 aromatic carbocycles. The zero-order valence-corrected chi connectivity index (χ0v) is 29.6. The third-order valence-electron chi connectivity index (χ3n) is 11.9. The van der Waals surface area contributed by atoms with Crippen LogP contribution in [0.2, 0.25) is 0 Å². The van der Waals surface area contributed by atoms with Crippen LogP contribution in [0.15, 0.2) is 30.3 Å². The SMILES string of the molecule is CC[C@@H](C(=O)C(C(=O)[C@@H]1CCCN1C(=O)[C@@H](N)CCCCN)(C1CCCCC1)[C@](N)([C]=O)C(=O)[C@H](N)CC1CCCCC1)c1ccccc1. The summed E-state index contributed by atoms with van der Waals surface area (Å²) in [5.74, 6) is -3.71. The Labute approximate surface area is 292 Å². The second-order valence-electron chi connectivity index (χ2n) is 14.9. The average Bonchev–Trinajstić information content (AvgIpc) is 3.63. The molecule has 2 aliphatic carbocycles. The highest BCUT2D eigenvalue weighted by Gasteiger charge is 2.69. The molecule has 1 amide bonds. The number of nitrogens with zero attached hydrogens (tertiary/aromatic N) is 1. The number of hydrogen-bond acceptors (Lipinski definition) is 9. The highest BCUT2D eigenvalue weighted by Crippen LogP contribution is 2.52. The lowest BCUT2D eigenvalue weighted by molar-refractivity contribution is -0.160. The molecule has 49 heavy (non-hydrogen) atoms. The van der Waals surface area contributed by atoms with Crippen molar-refractivity contribution >= 4 is 29.5 Å². The molecule has 1 aliphatic heterocycles. The van der Waals surface area contributed by atoms with Crippen molar-refractivity contribution < 1.29 is 24.0 Å². The molecular weight excluding hydrogens is 618 g/mol. The van der Waals surface area contributed by atoms with Gasteiger partial charge in [0.1, 0.15) is 5.41 Å². The molecule has 4 rings (SSSR count). The van der Waals surface area contributed by atoms with Crippen LogP contribution >= 0.6 is 0 Å². The molecule has 6 atom stereocenters. The normalized spacial score (nSPS) is 23.5. The van der Waals surface area contributed by atoms with Crippen molar-refractivity contribution in [2.24, 2.45) is 40.2 Å². The van der Waals surface area contributed by atoms with Crippen molar-refractivity contribution in [2.45, 2.75) is 146 Å². The van der Waals surface area contributed by atoms with Crippen molar-refractivity contribution in [3.8, 4) is 0 Å². The summed E-state index contributed by atoms with van der Waals surface area (Å²) in [6.07, 6.45) is 13.3. The number of hydrogen-bond donors (Lipinski definition) is 4. The number of carbonyl (C=O) groups excluding carboxylic acids is 5. The number of nitrogens with two attached hydrogens (primary N) is 4. The van der Waals surface area contributed by atoms with Gasteiger partial charge in [0.05, 0.1) is 18.1 Å². The molecule has 0 bridgehead atoms. The van der Waals surface area contributed by atoms with Crippen molar-refractivity contribution in [3.63, 3.8) is 0 Å². The van der Waals surface area contributed by atoms with E-state index < -0.39 is 58.3 Å². The molecule has 3 fully saturated rings. The fourth-order valence-corrected chi connectivity index (χ4v) is 9.22. The summed E-state index contributed by atoms with van der Waals surface area (Å²) < 4.78 is 0. The molecule has 3 aliphatic rings. The largest absolute Gasteiger partial charge is 0.331 e. The van der Waals surface area contributed by atoms with Gasteiger partial charge in [0.25, 0.3) is 0 Å². The summed E-state index contributed by atoms with van der Waals surface area (Å²) in [6, 6.07) is 6.09. The maximum atomic E-state index is 15.7. The Morgan fingerprint density at radius 1 is 0.857 bits per heavy atom. The van der Waals surface area contributed by atoms with Crippen molar-refractivity contribution in [2.75, 3.05) is 13.1 Å². The van der Waals surface area contributed by atoms with E-state index in [-0.39, 0.29) is 24.8 Å². The molecule has 1 radical (unpaired) electrons. The molecule has 1 aromatic rings. The van der Waals surface area contributed by atoms with Gasteiger partial charge in [0.15, 0.2) is 22.9 Å². The number of unbranched alkanes of at least 4 members (excludes halogenated alkanes) is 1.